The molecule has 3 nitrogen and oxygen atoms in total. The fourth-order valence-electron chi connectivity index (χ4n) is 5.39. The van der Waals surface area contributed by atoms with Gasteiger partial charge in [-0.3, -0.25) is 0 Å². The van der Waals surface area contributed by atoms with Crippen molar-refractivity contribution in [1.82, 2.24) is 4.98 Å². The van der Waals surface area contributed by atoms with Crippen LogP contribution in [0.25, 0.3) is 32.9 Å². The second-order valence-electron chi connectivity index (χ2n) is 9.93. The lowest BCUT2D eigenvalue weighted by Crippen LogP contribution is -2.33. The van der Waals surface area contributed by atoms with E-state index in [1.54, 1.807) is 0 Å². The van der Waals surface area contributed by atoms with E-state index in [1.807, 2.05) is 6.33 Å². The van der Waals surface area contributed by atoms with Crippen molar-refractivity contribution in [1.29, 1.82) is 0 Å². The van der Waals surface area contributed by atoms with Gasteiger partial charge in [0.2, 0.25) is 0 Å². The van der Waals surface area contributed by atoms with Crippen molar-refractivity contribution in [3.05, 3.63) is 58.9 Å². The largest absolute Gasteiger partial charge is 0.455 e. The topological polar surface area (TPSA) is 26.0 Å². The number of aryl methyl sites for hydroxylation is 4. The third-order valence-electron chi connectivity index (χ3n) is 6.96. The Morgan fingerprint density at radius 2 is 1.90 bits per heavy atom. The van der Waals surface area contributed by atoms with Crippen LogP contribution < -0.4 is 9.30 Å². The minimum Gasteiger partial charge on any atom is -0.455 e. The van der Waals surface area contributed by atoms with Crippen molar-refractivity contribution in [3.8, 4) is 22.8 Å². The summed E-state index contributed by atoms with van der Waals surface area (Å²) >= 11 is 0. The highest BCUT2D eigenvalue weighted by Crippen LogP contribution is 2.52. The zero-order valence-electron chi connectivity index (χ0n) is 18.4. The molecule has 1 aliphatic carbocycles. The van der Waals surface area contributed by atoms with Gasteiger partial charge in [-0.1, -0.05) is 39.0 Å². The molecule has 30 heavy (non-hydrogen) atoms. The van der Waals surface area contributed by atoms with Crippen LogP contribution in [-0.4, -0.2) is 4.98 Å². The zero-order valence-corrected chi connectivity index (χ0v) is 18.4. The second kappa shape index (κ2) is 5.81. The number of nitrogens with zero attached hydrogens (tertiary/aromatic N) is 2. The van der Waals surface area contributed by atoms with Gasteiger partial charge in [-0.2, -0.15) is 0 Å². The van der Waals surface area contributed by atoms with Gasteiger partial charge in [0.1, 0.15) is 16.9 Å². The fourth-order valence-corrected chi connectivity index (χ4v) is 5.39. The molecule has 6 rings (SSSR count). The Balaban J connectivity index is 1.80. The first kappa shape index (κ1) is 17.9. The summed E-state index contributed by atoms with van der Waals surface area (Å²) in [6.07, 6.45) is 5.36. The number of aromatic nitrogens is 2. The van der Waals surface area contributed by atoms with E-state index in [0.717, 1.165) is 35.2 Å². The molecule has 0 radical (unpaired) electrons. The van der Waals surface area contributed by atoms with Crippen LogP contribution in [-0.2, 0) is 25.3 Å². The van der Waals surface area contributed by atoms with Crippen LogP contribution >= 0.6 is 0 Å². The maximum absolute atomic E-state index is 6.79. The second-order valence-corrected chi connectivity index (χ2v) is 9.93. The number of hydrogen-bond donors (Lipinski definition) is 0. The lowest BCUT2D eigenvalue weighted by atomic mass is 9.81. The third-order valence-corrected chi connectivity index (χ3v) is 6.96. The minimum atomic E-state index is 0.0366. The molecular weight excluding hydrogens is 368 g/mol. The molecule has 0 fully saturated rings. The van der Waals surface area contributed by atoms with Gasteiger partial charge in [0, 0.05) is 5.56 Å². The summed E-state index contributed by atoms with van der Waals surface area (Å²) in [7, 11) is 2.10. The molecule has 150 valence electrons. The average Bonchev–Trinajstić information content (AvgIpc) is 2.72. The van der Waals surface area contributed by atoms with E-state index < -0.39 is 0 Å². The van der Waals surface area contributed by atoms with E-state index in [1.165, 1.54) is 50.7 Å². The Kier molecular flexibility index (Phi) is 3.46. The van der Waals surface area contributed by atoms with E-state index in [9.17, 15) is 0 Å². The smallest absolute Gasteiger partial charge is 0.287 e. The van der Waals surface area contributed by atoms with Gasteiger partial charge in [-0.25, -0.2) is 4.57 Å². The normalized spacial score (nSPS) is 14.7. The first-order valence-electron chi connectivity index (χ1n) is 10.9. The molecule has 4 aromatic rings. The summed E-state index contributed by atoms with van der Waals surface area (Å²) < 4.78 is 8.96. The van der Waals surface area contributed by atoms with E-state index in [0.29, 0.717) is 0 Å². The maximum Gasteiger partial charge on any atom is 0.287 e. The summed E-state index contributed by atoms with van der Waals surface area (Å²) in [5.74, 6) is 2.01. The molecule has 0 N–H and O–H groups in total. The van der Waals surface area contributed by atoms with Crippen LogP contribution in [0.4, 0.5) is 0 Å². The molecule has 1 aromatic heterocycles. The molecular formula is C27H27N2O+. The van der Waals surface area contributed by atoms with E-state index in [4.69, 9.17) is 9.72 Å². The predicted molar refractivity (Wildman–Crippen MR) is 121 cm³/mol. The Hall–Kier alpha value is -2.94. The highest BCUT2D eigenvalue weighted by molar-refractivity contribution is 6.06. The summed E-state index contributed by atoms with van der Waals surface area (Å²) in [6.45, 7) is 8.99. The van der Waals surface area contributed by atoms with Crippen LogP contribution in [0.15, 0.2) is 36.7 Å². The Morgan fingerprint density at radius 3 is 2.70 bits per heavy atom. The molecule has 0 spiro atoms. The van der Waals surface area contributed by atoms with Crippen molar-refractivity contribution in [2.75, 3.05) is 0 Å². The highest BCUT2D eigenvalue weighted by Gasteiger charge is 2.34. The summed E-state index contributed by atoms with van der Waals surface area (Å²) in [5.41, 5.74) is 8.91. The molecule has 0 amide bonds. The van der Waals surface area contributed by atoms with Crippen LogP contribution in [0.3, 0.4) is 0 Å². The summed E-state index contributed by atoms with van der Waals surface area (Å²) in [6, 6.07) is 11.2. The van der Waals surface area contributed by atoms with Gasteiger partial charge in [-0.15, -0.1) is 0 Å². The SMILES string of the molecule is Cc1c2c(c3c4c(cccc14)CCC3)Oc1cc(C(C)(C)C)cc3nc[n+](C)c-2c13. The monoisotopic (exact) mass is 395 g/mol. The molecule has 0 saturated heterocycles. The number of hydrogen-bond acceptors (Lipinski definition) is 2. The summed E-state index contributed by atoms with van der Waals surface area (Å²) in [4.78, 5) is 4.77. The quantitative estimate of drug-likeness (QED) is 0.297. The third kappa shape index (κ3) is 2.26. The zero-order chi connectivity index (χ0) is 20.8. The molecule has 2 heterocycles. The number of ether oxygens (including phenoxy) is 1. The average molecular weight is 396 g/mol. The molecule has 3 heteroatoms. The number of fused-ring (bicyclic) bond motifs is 3. The first-order chi connectivity index (χ1) is 14.3. The first-order valence-corrected chi connectivity index (χ1v) is 10.9. The van der Waals surface area contributed by atoms with Crippen LogP contribution in [0.5, 0.6) is 11.5 Å². The molecule has 0 unspecified atom stereocenters. The molecule has 0 bridgehead atoms. The number of rotatable bonds is 0. The Morgan fingerprint density at radius 1 is 1.07 bits per heavy atom. The molecule has 2 aliphatic rings. The van der Waals surface area contributed by atoms with E-state index in [2.05, 4.69) is 69.6 Å². The molecule has 0 saturated carbocycles. The lowest BCUT2D eigenvalue weighted by Gasteiger charge is -2.29. The molecule has 0 atom stereocenters. The standard InChI is InChI=1S/C27H27N2O/c1-15-18-10-6-8-16-9-7-11-19(23(16)18)26-22(15)25-24-20(28-14-29(25)5)12-17(27(2,3)4)13-21(24)30-26/h6,8,10,12-14H,7,9,11H2,1-5H3/q+1. The van der Waals surface area contributed by atoms with Gasteiger partial charge < -0.3 is 4.74 Å². The van der Waals surface area contributed by atoms with Gasteiger partial charge in [0.05, 0.1) is 12.6 Å². The molecule has 1 aliphatic heterocycles. The van der Waals surface area contributed by atoms with Crippen molar-refractivity contribution in [2.24, 2.45) is 7.05 Å². The minimum absolute atomic E-state index is 0.0366. The van der Waals surface area contributed by atoms with Gasteiger partial charge in [0.15, 0.2) is 11.2 Å². The van der Waals surface area contributed by atoms with Gasteiger partial charge in [0.25, 0.3) is 6.33 Å². The molecule has 3 aromatic carbocycles. The predicted octanol–water partition coefficient (Wildman–Crippen LogP) is 6.08. The number of benzene rings is 3. The lowest BCUT2D eigenvalue weighted by molar-refractivity contribution is -0.662. The van der Waals surface area contributed by atoms with Crippen molar-refractivity contribution >= 4 is 21.7 Å². The van der Waals surface area contributed by atoms with Crippen LogP contribution in [0.2, 0.25) is 0 Å². The van der Waals surface area contributed by atoms with E-state index in [-0.39, 0.29) is 5.41 Å². The highest BCUT2D eigenvalue weighted by atomic mass is 16.5. The Bertz CT molecular complexity index is 1390. The van der Waals surface area contributed by atoms with Crippen LogP contribution in [0.1, 0.15) is 49.4 Å². The maximum atomic E-state index is 6.79. The fraction of sp³-hybridized carbons (Fsp3) is 0.333. The van der Waals surface area contributed by atoms with Crippen molar-refractivity contribution in [3.63, 3.8) is 0 Å². The van der Waals surface area contributed by atoms with Crippen molar-refractivity contribution < 1.29 is 9.30 Å². The Labute approximate surface area is 177 Å². The summed E-state index contributed by atoms with van der Waals surface area (Å²) in [5, 5.41) is 3.91. The van der Waals surface area contributed by atoms with E-state index >= 15 is 0 Å². The van der Waals surface area contributed by atoms with Gasteiger partial charge >= 0.3 is 0 Å². The van der Waals surface area contributed by atoms with Crippen LogP contribution in [0, 0.1) is 6.92 Å². The van der Waals surface area contributed by atoms with Gasteiger partial charge in [-0.05, 0) is 76.2 Å². The van der Waals surface area contributed by atoms with Crippen molar-refractivity contribution in [2.45, 2.75) is 52.4 Å².